The first-order valence-corrected chi connectivity index (χ1v) is 8.03. The zero-order valence-electron chi connectivity index (χ0n) is 12.1. The molecule has 0 aliphatic heterocycles. The Bertz CT molecular complexity index is 944. The standard InChI is InChI=1S/C17H10Cl3NO3/c18-13-8-14(19)17(16(15(13)20)21(22)23)24-9-10-5-6-11-3-1-2-4-12(11)7-10/h1-8H,9H2. The topological polar surface area (TPSA) is 52.4 Å². The van der Waals surface area contributed by atoms with Crippen LogP contribution < -0.4 is 4.74 Å². The van der Waals surface area contributed by atoms with Crippen molar-refractivity contribution in [1.29, 1.82) is 0 Å². The summed E-state index contributed by atoms with van der Waals surface area (Å²) in [5.41, 5.74) is 0.417. The minimum atomic E-state index is -0.657. The average molecular weight is 383 g/mol. The summed E-state index contributed by atoms with van der Waals surface area (Å²) in [7, 11) is 0. The van der Waals surface area contributed by atoms with Crippen molar-refractivity contribution in [3.63, 3.8) is 0 Å². The molecule has 0 aliphatic rings. The molecule has 0 aromatic heterocycles. The van der Waals surface area contributed by atoms with E-state index in [0.29, 0.717) is 0 Å². The van der Waals surface area contributed by atoms with Crippen molar-refractivity contribution in [2.24, 2.45) is 0 Å². The van der Waals surface area contributed by atoms with Crippen LogP contribution in [0.25, 0.3) is 10.8 Å². The molecule has 3 aromatic rings. The third-order valence-corrected chi connectivity index (χ3v) is 4.54. The van der Waals surface area contributed by atoms with Crippen LogP contribution in [0.15, 0.2) is 48.5 Å². The molecule has 0 radical (unpaired) electrons. The highest BCUT2D eigenvalue weighted by atomic mass is 35.5. The number of benzene rings is 3. The molecule has 0 atom stereocenters. The van der Waals surface area contributed by atoms with Crippen LogP contribution in [0.3, 0.4) is 0 Å². The minimum absolute atomic E-state index is 0.00595. The molecular weight excluding hydrogens is 373 g/mol. The highest BCUT2D eigenvalue weighted by Gasteiger charge is 2.26. The predicted molar refractivity (Wildman–Crippen MR) is 96.4 cm³/mol. The molecule has 4 nitrogen and oxygen atoms in total. The zero-order valence-corrected chi connectivity index (χ0v) is 14.4. The summed E-state index contributed by atoms with van der Waals surface area (Å²) in [5, 5.41) is 13.3. The summed E-state index contributed by atoms with van der Waals surface area (Å²) in [5.74, 6) is -0.0933. The number of nitro benzene ring substituents is 1. The Labute approximate surface area is 152 Å². The van der Waals surface area contributed by atoms with Gasteiger partial charge in [-0.05, 0) is 28.5 Å². The van der Waals surface area contributed by atoms with Gasteiger partial charge in [0.1, 0.15) is 11.6 Å². The molecule has 0 bridgehead atoms. The van der Waals surface area contributed by atoms with E-state index >= 15 is 0 Å². The zero-order chi connectivity index (χ0) is 17.3. The van der Waals surface area contributed by atoms with Gasteiger partial charge in [-0.2, -0.15) is 0 Å². The lowest BCUT2D eigenvalue weighted by molar-refractivity contribution is -0.385. The molecule has 0 aliphatic carbocycles. The van der Waals surface area contributed by atoms with Gasteiger partial charge in [0.15, 0.2) is 0 Å². The molecule has 0 N–H and O–H groups in total. The lowest BCUT2D eigenvalue weighted by Gasteiger charge is -2.11. The number of hydrogen-bond donors (Lipinski definition) is 0. The summed E-state index contributed by atoms with van der Waals surface area (Å²) in [6.07, 6.45) is 0. The summed E-state index contributed by atoms with van der Waals surface area (Å²) >= 11 is 17.8. The molecule has 0 fully saturated rings. The molecule has 0 saturated carbocycles. The lowest BCUT2D eigenvalue weighted by Crippen LogP contribution is -2.01. The van der Waals surface area contributed by atoms with E-state index in [9.17, 15) is 10.1 Å². The van der Waals surface area contributed by atoms with Crippen molar-refractivity contribution < 1.29 is 9.66 Å². The number of ether oxygens (including phenoxy) is 1. The molecular formula is C17H10Cl3NO3. The summed E-state index contributed by atoms with van der Waals surface area (Å²) in [6.45, 7) is 0.114. The number of rotatable bonds is 4. The van der Waals surface area contributed by atoms with Crippen LogP contribution in [0, 0.1) is 10.1 Å². The van der Waals surface area contributed by atoms with Crippen molar-refractivity contribution in [2.75, 3.05) is 0 Å². The smallest absolute Gasteiger partial charge is 0.332 e. The van der Waals surface area contributed by atoms with Crippen LogP contribution >= 0.6 is 34.8 Å². The van der Waals surface area contributed by atoms with Gasteiger partial charge < -0.3 is 4.74 Å². The number of fused-ring (bicyclic) bond motifs is 1. The number of halogens is 3. The summed E-state index contributed by atoms with van der Waals surface area (Å²) in [6, 6.07) is 15.0. The normalized spacial score (nSPS) is 10.8. The van der Waals surface area contributed by atoms with E-state index in [1.54, 1.807) is 0 Å². The second kappa shape index (κ2) is 6.85. The van der Waals surface area contributed by atoms with Crippen molar-refractivity contribution in [3.05, 3.63) is 79.3 Å². The van der Waals surface area contributed by atoms with Crippen molar-refractivity contribution in [2.45, 2.75) is 6.61 Å². The average Bonchev–Trinajstić information content (AvgIpc) is 2.56. The largest absolute Gasteiger partial charge is 0.481 e. The SMILES string of the molecule is O=[N+]([O-])c1c(Cl)c(Cl)cc(Cl)c1OCc1ccc2ccccc2c1. The van der Waals surface area contributed by atoms with E-state index in [0.717, 1.165) is 16.3 Å². The highest BCUT2D eigenvalue weighted by Crippen LogP contribution is 2.44. The van der Waals surface area contributed by atoms with Gasteiger partial charge in [0.25, 0.3) is 0 Å². The van der Waals surface area contributed by atoms with Crippen LogP contribution in [0.2, 0.25) is 15.1 Å². The fourth-order valence-electron chi connectivity index (χ4n) is 2.35. The van der Waals surface area contributed by atoms with Crippen LogP contribution in [0.5, 0.6) is 5.75 Å². The molecule has 3 aromatic carbocycles. The van der Waals surface area contributed by atoms with E-state index in [4.69, 9.17) is 39.5 Å². The Morgan fingerprint density at radius 1 is 0.958 bits per heavy atom. The first kappa shape index (κ1) is 16.8. The maximum atomic E-state index is 11.3. The predicted octanol–water partition coefficient (Wildman–Crippen LogP) is 6.29. The monoisotopic (exact) mass is 381 g/mol. The molecule has 3 rings (SSSR count). The van der Waals surface area contributed by atoms with E-state index in [2.05, 4.69) is 0 Å². The van der Waals surface area contributed by atoms with Gasteiger partial charge in [0.05, 0.1) is 15.0 Å². The fraction of sp³-hybridized carbons (Fsp3) is 0.0588. The summed E-state index contributed by atoms with van der Waals surface area (Å²) in [4.78, 5) is 10.6. The van der Waals surface area contributed by atoms with Gasteiger partial charge in [0, 0.05) is 0 Å². The van der Waals surface area contributed by atoms with Gasteiger partial charge in [0.2, 0.25) is 5.75 Å². The molecule has 24 heavy (non-hydrogen) atoms. The lowest BCUT2D eigenvalue weighted by atomic mass is 10.1. The van der Waals surface area contributed by atoms with E-state index < -0.39 is 10.6 Å². The minimum Gasteiger partial charge on any atom is -0.481 e. The quantitative estimate of drug-likeness (QED) is 0.303. The van der Waals surface area contributed by atoms with Crippen LogP contribution in [-0.2, 0) is 6.61 Å². The third kappa shape index (κ3) is 3.26. The van der Waals surface area contributed by atoms with E-state index in [1.807, 2.05) is 42.5 Å². The molecule has 122 valence electrons. The van der Waals surface area contributed by atoms with E-state index in [1.165, 1.54) is 6.07 Å². The van der Waals surface area contributed by atoms with Crippen molar-refractivity contribution >= 4 is 51.3 Å². The first-order valence-electron chi connectivity index (χ1n) is 6.89. The van der Waals surface area contributed by atoms with E-state index in [-0.39, 0.29) is 27.4 Å². The molecule has 7 heteroatoms. The highest BCUT2D eigenvalue weighted by molar-refractivity contribution is 6.45. The van der Waals surface area contributed by atoms with Gasteiger partial charge in [-0.15, -0.1) is 0 Å². The number of nitrogens with zero attached hydrogens (tertiary/aromatic N) is 1. The van der Waals surface area contributed by atoms with Crippen molar-refractivity contribution in [1.82, 2.24) is 0 Å². The third-order valence-electron chi connectivity index (χ3n) is 3.48. The van der Waals surface area contributed by atoms with Crippen LogP contribution in [0.4, 0.5) is 5.69 Å². The Morgan fingerprint density at radius 2 is 1.67 bits per heavy atom. The summed E-state index contributed by atoms with van der Waals surface area (Å²) < 4.78 is 5.58. The van der Waals surface area contributed by atoms with Crippen molar-refractivity contribution in [3.8, 4) is 5.75 Å². The van der Waals surface area contributed by atoms with Crippen LogP contribution in [0.1, 0.15) is 5.56 Å². The number of hydrogen-bond acceptors (Lipinski definition) is 3. The van der Waals surface area contributed by atoms with Gasteiger partial charge >= 0.3 is 5.69 Å². The Balaban J connectivity index is 1.93. The van der Waals surface area contributed by atoms with Gasteiger partial charge in [-0.25, -0.2) is 0 Å². The Hall–Kier alpha value is -2.01. The molecule has 0 saturated heterocycles. The first-order chi connectivity index (χ1) is 11.5. The molecule has 0 amide bonds. The molecule has 0 heterocycles. The second-order valence-electron chi connectivity index (χ2n) is 5.06. The maximum Gasteiger partial charge on any atom is 0.332 e. The van der Waals surface area contributed by atoms with Gasteiger partial charge in [-0.3, -0.25) is 10.1 Å². The maximum absolute atomic E-state index is 11.3. The fourth-order valence-corrected chi connectivity index (χ4v) is 3.07. The molecule has 0 unspecified atom stereocenters. The Kier molecular flexibility index (Phi) is 4.81. The Morgan fingerprint density at radius 3 is 2.38 bits per heavy atom. The second-order valence-corrected chi connectivity index (χ2v) is 6.25. The number of nitro groups is 1. The van der Waals surface area contributed by atoms with Crippen LogP contribution in [-0.4, -0.2) is 4.92 Å². The van der Waals surface area contributed by atoms with Gasteiger partial charge in [-0.1, -0.05) is 71.2 Å². The molecule has 0 spiro atoms.